The number of aromatic hydroxyl groups is 1. The molecule has 0 atom stereocenters. The minimum atomic E-state index is 0.243. The molecular formula is C24H32O2. The molecule has 3 rings (SSSR count). The Morgan fingerprint density at radius 2 is 1.23 bits per heavy atom. The molecule has 2 N–H and O–H groups in total. The molecule has 26 heavy (non-hydrogen) atoms. The number of para-hydroxylation sites is 1. The molecule has 1 fully saturated rings. The van der Waals surface area contributed by atoms with Gasteiger partial charge in [-0.3, -0.25) is 0 Å². The Morgan fingerprint density at radius 1 is 0.654 bits per heavy atom. The van der Waals surface area contributed by atoms with Gasteiger partial charge in [-0.25, -0.2) is 0 Å². The first-order valence-corrected chi connectivity index (χ1v) is 10.3. The van der Waals surface area contributed by atoms with E-state index in [1.165, 1.54) is 76.2 Å². The molecule has 2 aliphatic rings. The number of hydrogen-bond acceptors (Lipinski definition) is 2. The zero-order valence-corrected chi connectivity index (χ0v) is 15.8. The fourth-order valence-electron chi connectivity index (χ4n) is 4.19. The Bertz CT molecular complexity index is 680. The maximum atomic E-state index is 10.4. The van der Waals surface area contributed by atoms with Crippen LogP contribution in [0.2, 0.25) is 0 Å². The highest BCUT2D eigenvalue weighted by Gasteiger charge is 2.18. The number of hydrogen-bond donors (Lipinski definition) is 2. The maximum Gasteiger partial charge on any atom is 0.123 e. The van der Waals surface area contributed by atoms with E-state index < -0.39 is 0 Å². The third-order valence-corrected chi connectivity index (χ3v) is 5.76. The summed E-state index contributed by atoms with van der Waals surface area (Å²) in [5, 5.41) is 20.6. The van der Waals surface area contributed by atoms with Crippen molar-refractivity contribution in [3.8, 4) is 5.75 Å². The first-order chi connectivity index (χ1) is 12.8. The summed E-state index contributed by atoms with van der Waals surface area (Å²) in [6.07, 6.45) is 19.1. The summed E-state index contributed by atoms with van der Waals surface area (Å²) in [7, 11) is 0. The lowest BCUT2D eigenvalue weighted by atomic mass is 9.86. The zero-order chi connectivity index (χ0) is 18.2. The lowest BCUT2D eigenvalue weighted by molar-refractivity contribution is 0.430. The zero-order valence-electron chi connectivity index (χ0n) is 15.8. The van der Waals surface area contributed by atoms with Crippen LogP contribution in [0.15, 0.2) is 53.3 Å². The van der Waals surface area contributed by atoms with Crippen molar-refractivity contribution in [1.29, 1.82) is 0 Å². The molecule has 0 radical (unpaired) electrons. The number of rotatable bonds is 1. The SMILES string of the molecule is OC1=C(c2ccccc2O)CC(=C2CCCCCCCCCCC2)C=C1. The average Bonchev–Trinajstić information content (AvgIpc) is 2.64. The van der Waals surface area contributed by atoms with E-state index in [4.69, 9.17) is 0 Å². The van der Waals surface area contributed by atoms with E-state index in [0.29, 0.717) is 0 Å². The molecular weight excluding hydrogens is 320 g/mol. The summed E-state index contributed by atoms with van der Waals surface area (Å²) in [6.45, 7) is 0. The highest BCUT2D eigenvalue weighted by atomic mass is 16.3. The summed E-state index contributed by atoms with van der Waals surface area (Å²) in [5.41, 5.74) is 4.50. The van der Waals surface area contributed by atoms with E-state index in [9.17, 15) is 10.2 Å². The number of aliphatic hydroxyl groups excluding tert-OH is 1. The molecule has 0 aliphatic heterocycles. The third-order valence-electron chi connectivity index (χ3n) is 5.76. The van der Waals surface area contributed by atoms with Crippen LogP contribution in [0.3, 0.4) is 0 Å². The van der Waals surface area contributed by atoms with Crippen molar-refractivity contribution in [3.63, 3.8) is 0 Å². The van der Waals surface area contributed by atoms with Crippen molar-refractivity contribution < 1.29 is 10.2 Å². The second-order valence-corrected chi connectivity index (χ2v) is 7.70. The van der Waals surface area contributed by atoms with Crippen LogP contribution in [-0.4, -0.2) is 10.2 Å². The minimum Gasteiger partial charge on any atom is -0.508 e. The fourth-order valence-corrected chi connectivity index (χ4v) is 4.19. The Morgan fingerprint density at radius 3 is 1.85 bits per heavy atom. The van der Waals surface area contributed by atoms with Crippen molar-refractivity contribution >= 4 is 5.57 Å². The predicted octanol–water partition coefficient (Wildman–Crippen LogP) is 7.22. The smallest absolute Gasteiger partial charge is 0.123 e. The molecule has 0 spiro atoms. The van der Waals surface area contributed by atoms with Crippen LogP contribution >= 0.6 is 0 Å². The molecule has 140 valence electrons. The summed E-state index contributed by atoms with van der Waals surface area (Å²) >= 11 is 0. The first-order valence-electron chi connectivity index (χ1n) is 10.3. The molecule has 2 aliphatic carbocycles. The molecule has 1 aromatic rings. The predicted molar refractivity (Wildman–Crippen MR) is 109 cm³/mol. The van der Waals surface area contributed by atoms with Crippen molar-refractivity contribution in [1.82, 2.24) is 0 Å². The van der Waals surface area contributed by atoms with Crippen LogP contribution in [0.5, 0.6) is 5.75 Å². The van der Waals surface area contributed by atoms with Crippen LogP contribution < -0.4 is 0 Å². The first kappa shape index (κ1) is 18.8. The van der Waals surface area contributed by atoms with Crippen molar-refractivity contribution in [2.45, 2.75) is 77.0 Å². The normalized spacial score (nSPS) is 20.6. The second kappa shape index (κ2) is 9.66. The van der Waals surface area contributed by atoms with Gasteiger partial charge in [0, 0.05) is 17.6 Å². The summed E-state index contributed by atoms with van der Waals surface area (Å²) in [6, 6.07) is 7.32. The molecule has 0 saturated heterocycles. The number of phenols is 1. The fraction of sp³-hybridized carbons (Fsp3) is 0.500. The summed E-state index contributed by atoms with van der Waals surface area (Å²) in [5.74, 6) is 0.524. The lowest BCUT2D eigenvalue weighted by Crippen LogP contribution is -2.01. The molecule has 1 saturated carbocycles. The van der Waals surface area contributed by atoms with E-state index >= 15 is 0 Å². The van der Waals surface area contributed by atoms with Crippen LogP contribution in [0, 0.1) is 0 Å². The topological polar surface area (TPSA) is 40.5 Å². The van der Waals surface area contributed by atoms with Crippen molar-refractivity contribution in [2.75, 3.05) is 0 Å². The van der Waals surface area contributed by atoms with E-state index in [2.05, 4.69) is 6.08 Å². The molecule has 0 heterocycles. The van der Waals surface area contributed by atoms with E-state index in [1.54, 1.807) is 11.6 Å². The number of phenolic OH excluding ortho intramolecular Hbond substituents is 1. The van der Waals surface area contributed by atoms with Gasteiger partial charge in [0.2, 0.25) is 0 Å². The van der Waals surface area contributed by atoms with Gasteiger partial charge in [-0.1, -0.05) is 74.8 Å². The third kappa shape index (κ3) is 5.03. The Kier molecular flexibility index (Phi) is 6.99. The highest BCUT2D eigenvalue weighted by Crippen LogP contribution is 2.37. The molecule has 0 unspecified atom stereocenters. The van der Waals surface area contributed by atoms with Gasteiger partial charge in [0.25, 0.3) is 0 Å². The van der Waals surface area contributed by atoms with Gasteiger partial charge in [-0.2, -0.15) is 0 Å². The standard InChI is InChI=1S/C24H32O2/c25-23-15-11-10-14-21(23)22-18-20(16-17-24(22)26)19-12-8-6-4-2-1-3-5-7-9-13-19/h10-11,14-17,25-26H,1-9,12-13,18H2. The highest BCUT2D eigenvalue weighted by molar-refractivity contribution is 5.77. The Labute approximate surface area is 158 Å². The van der Waals surface area contributed by atoms with Crippen LogP contribution in [0.1, 0.15) is 82.6 Å². The van der Waals surface area contributed by atoms with Crippen molar-refractivity contribution in [2.24, 2.45) is 0 Å². The monoisotopic (exact) mass is 352 g/mol. The molecule has 2 nitrogen and oxygen atoms in total. The summed E-state index contributed by atoms with van der Waals surface area (Å²) in [4.78, 5) is 0. The average molecular weight is 353 g/mol. The van der Waals surface area contributed by atoms with Gasteiger partial charge in [-0.15, -0.1) is 0 Å². The maximum absolute atomic E-state index is 10.4. The quantitative estimate of drug-likeness (QED) is 0.560. The van der Waals surface area contributed by atoms with Crippen LogP contribution in [0.25, 0.3) is 5.57 Å². The molecule has 0 aromatic heterocycles. The lowest BCUT2D eigenvalue weighted by Gasteiger charge is -2.20. The van der Waals surface area contributed by atoms with Gasteiger partial charge in [0.05, 0.1) is 0 Å². The minimum absolute atomic E-state index is 0.243. The Hall–Kier alpha value is -1.96. The number of aliphatic hydroxyl groups is 1. The van der Waals surface area contributed by atoms with Gasteiger partial charge >= 0.3 is 0 Å². The van der Waals surface area contributed by atoms with E-state index in [0.717, 1.165) is 17.6 Å². The number of allylic oxidation sites excluding steroid dienone is 5. The summed E-state index contributed by atoms with van der Waals surface area (Å²) < 4.78 is 0. The Balaban J connectivity index is 1.80. The van der Waals surface area contributed by atoms with Gasteiger partial charge in [-0.05, 0) is 43.4 Å². The number of benzene rings is 1. The van der Waals surface area contributed by atoms with Gasteiger partial charge in [0.15, 0.2) is 0 Å². The molecule has 1 aromatic carbocycles. The van der Waals surface area contributed by atoms with Crippen LogP contribution in [0.4, 0.5) is 0 Å². The van der Waals surface area contributed by atoms with Gasteiger partial charge in [0.1, 0.15) is 11.5 Å². The van der Waals surface area contributed by atoms with Gasteiger partial charge < -0.3 is 10.2 Å². The second-order valence-electron chi connectivity index (χ2n) is 7.70. The largest absolute Gasteiger partial charge is 0.508 e. The van der Waals surface area contributed by atoms with Crippen molar-refractivity contribution in [3.05, 3.63) is 58.9 Å². The van der Waals surface area contributed by atoms with E-state index in [-0.39, 0.29) is 11.5 Å². The molecule has 0 amide bonds. The van der Waals surface area contributed by atoms with E-state index in [1.807, 2.05) is 24.3 Å². The molecule has 2 heteroatoms. The van der Waals surface area contributed by atoms with Crippen LogP contribution in [-0.2, 0) is 0 Å². The molecule has 0 bridgehead atoms.